The Morgan fingerprint density at radius 3 is 2.56 bits per heavy atom. The molecule has 0 aliphatic carbocycles. The summed E-state index contributed by atoms with van der Waals surface area (Å²) in [6, 6.07) is 3.06. The second-order valence-corrected chi connectivity index (χ2v) is 4.34. The van der Waals surface area contributed by atoms with Crippen molar-refractivity contribution in [3.05, 3.63) is 35.4 Å². The van der Waals surface area contributed by atoms with Crippen molar-refractivity contribution >= 4 is 17.5 Å². The van der Waals surface area contributed by atoms with Crippen LogP contribution in [0.2, 0.25) is 0 Å². The molecule has 1 rings (SSSR count). The van der Waals surface area contributed by atoms with Crippen LogP contribution in [-0.2, 0) is 0 Å². The minimum atomic E-state index is -1.03. The lowest BCUT2D eigenvalue weighted by Gasteiger charge is -2.18. The molecule has 0 aliphatic heterocycles. The SMILES string of the molecule is CC(Cl)CN(C)C(=O)c1ccc(F)c(F)c1. The molecule has 1 aromatic carbocycles. The van der Waals surface area contributed by atoms with Crippen LogP contribution >= 0.6 is 11.6 Å². The predicted molar refractivity (Wildman–Crippen MR) is 58.6 cm³/mol. The lowest BCUT2D eigenvalue weighted by Crippen LogP contribution is -2.31. The number of rotatable bonds is 3. The van der Waals surface area contributed by atoms with Gasteiger partial charge in [0.05, 0.1) is 0 Å². The predicted octanol–water partition coefficient (Wildman–Crippen LogP) is 2.66. The third-order valence-corrected chi connectivity index (χ3v) is 2.18. The zero-order valence-corrected chi connectivity index (χ0v) is 9.76. The van der Waals surface area contributed by atoms with E-state index < -0.39 is 11.6 Å². The fourth-order valence-corrected chi connectivity index (χ4v) is 1.52. The third kappa shape index (κ3) is 3.17. The molecule has 0 aliphatic rings. The van der Waals surface area contributed by atoms with E-state index in [-0.39, 0.29) is 16.8 Å². The number of amides is 1. The Hall–Kier alpha value is -1.16. The van der Waals surface area contributed by atoms with Crippen LogP contribution < -0.4 is 0 Å². The summed E-state index contributed by atoms with van der Waals surface area (Å²) in [7, 11) is 1.56. The highest BCUT2D eigenvalue weighted by molar-refractivity contribution is 6.20. The summed E-state index contributed by atoms with van der Waals surface area (Å²) in [6.45, 7) is 2.09. The van der Waals surface area contributed by atoms with Crippen LogP contribution in [0.25, 0.3) is 0 Å². The highest BCUT2D eigenvalue weighted by Gasteiger charge is 2.15. The van der Waals surface area contributed by atoms with Crippen LogP contribution in [-0.4, -0.2) is 29.8 Å². The average molecular weight is 248 g/mol. The minimum absolute atomic E-state index is 0.110. The van der Waals surface area contributed by atoms with E-state index in [0.717, 1.165) is 12.1 Å². The normalized spacial score (nSPS) is 12.3. The number of nitrogens with zero attached hydrogens (tertiary/aromatic N) is 1. The van der Waals surface area contributed by atoms with Crippen LogP contribution in [0.4, 0.5) is 8.78 Å². The first-order chi connectivity index (χ1) is 7.41. The van der Waals surface area contributed by atoms with Crippen molar-refractivity contribution in [3.63, 3.8) is 0 Å². The maximum Gasteiger partial charge on any atom is 0.253 e. The Morgan fingerprint density at radius 2 is 2.06 bits per heavy atom. The van der Waals surface area contributed by atoms with Crippen molar-refractivity contribution in [2.45, 2.75) is 12.3 Å². The number of alkyl halides is 1. The van der Waals surface area contributed by atoms with E-state index in [1.807, 2.05) is 0 Å². The van der Waals surface area contributed by atoms with Gasteiger partial charge >= 0.3 is 0 Å². The third-order valence-electron chi connectivity index (χ3n) is 2.04. The molecule has 0 spiro atoms. The van der Waals surface area contributed by atoms with E-state index in [4.69, 9.17) is 11.6 Å². The maximum absolute atomic E-state index is 12.9. The standard InChI is InChI=1S/C11H12ClF2NO/c1-7(12)6-15(2)11(16)8-3-4-9(13)10(14)5-8/h3-5,7H,6H2,1-2H3. The summed E-state index contributed by atoms with van der Waals surface area (Å²) in [5.74, 6) is -2.38. The van der Waals surface area contributed by atoms with E-state index in [9.17, 15) is 13.6 Å². The molecule has 1 amide bonds. The zero-order valence-electron chi connectivity index (χ0n) is 9.01. The van der Waals surface area contributed by atoms with Gasteiger partial charge in [-0.2, -0.15) is 0 Å². The number of benzene rings is 1. The summed E-state index contributed by atoms with van der Waals surface area (Å²) in [6.07, 6.45) is 0. The molecule has 2 nitrogen and oxygen atoms in total. The fourth-order valence-electron chi connectivity index (χ4n) is 1.31. The van der Waals surface area contributed by atoms with E-state index in [1.165, 1.54) is 11.0 Å². The van der Waals surface area contributed by atoms with E-state index in [1.54, 1.807) is 14.0 Å². The van der Waals surface area contributed by atoms with Gasteiger partial charge in [-0.25, -0.2) is 8.78 Å². The molecule has 0 heterocycles. The quantitative estimate of drug-likeness (QED) is 0.752. The minimum Gasteiger partial charge on any atom is -0.340 e. The van der Waals surface area contributed by atoms with Gasteiger partial charge in [0.15, 0.2) is 11.6 Å². The summed E-state index contributed by atoms with van der Waals surface area (Å²) < 4.78 is 25.5. The van der Waals surface area contributed by atoms with Crippen molar-refractivity contribution in [1.29, 1.82) is 0 Å². The van der Waals surface area contributed by atoms with Crippen LogP contribution in [0, 0.1) is 11.6 Å². The van der Waals surface area contributed by atoms with Crippen molar-refractivity contribution in [2.75, 3.05) is 13.6 Å². The Kier molecular flexibility index (Phi) is 4.24. The number of hydrogen-bond donors (Lipinski definition) is 0. The fraction of sp³-hybridized carbons (Fsp3) is 0.364. The van der Waals surface area contributed by atoms with E-state index in [0.29, 0.717) is 6.54 Å². The van der Waals surface area contributed by atoms with Gasteiger partial charge in [-0.3, -0.25) is 4.79 Å². The highest BCUT2D eigenvalue weighted by atomic mass is 35.5. The van der Waals surface area contributed by atoms with Crippen LogP contribution in [0.15, 0.2) is 18.2 Å². The largest absolute Gasteiger partial charge is 0.340 e. The molecule has 88 valence electrons. The van der Waals surface area contributed by atoms with E-state index >= 15 is 0 Å². The average Bonchev–Trinajstić information content (AvgIpc) is 2.20. The van der Waals surface area contributed by atoms with Gasteiger partial charge in [0, 0.05) is 24.5 Å². The van der Waals surface area contributed by atoms with Gasteiger partial charge in [0.2, 0.25) is 0 Å². The molecule has 1 unspecified atom stereocenters. The van der Waals surface area contributed by atoms with Gasteiger partial charge in [0.25, 0.3) is 5.91 Å². The molecule has 0 bridgehead atoms. The summed E-state index contributed by atoms with van der Waals surface area (Å²) in [4.78, 5) is 13.1. The molecule has 0 saturated carbocycles. The molecule has 0 radical (unpaired) electrons. The van der Waals surface area contributed by atoms with Gasteiger partial charge in [0.1, 0.15) is 0 Å². The van der Waals surface area contributed by atoms with Gasteiger partial charge in [-0.15, -0.1) is 11.6 Å². The smallest absolute Gasteiger partial charge is 0.253 e. The first-order valence-corrected chi connectivity index (χ1v) is 5.20. The number of carbonyl (C=O) groups is 1. The molecule has 1 aromatic rings. The van der Waals surface area contributed by atoms with Gasteiger partial charge in [-0.1, -0.05) is 0 Å². The molecular formula is C11H12ClF2NO. The maximum atomic E-state index is 12.9. The lowest BCUT2D eigenvalue weighted by molar-refractivity contribution is 0.0795. The van der Waals surface area contributed by atoms with Crippen molar-refractivity contribution in [2.24, 2.45) is 0 Å². The van der Waals surface area contributed by atoms with Crippen LogP contribution in [0.3, 0.4) is 0 Å². The Bertz CT molecular complexity index is 396. The van der Waals surface area contributed by atoms with Crippen LogP contribution in [0.1, 0.15) is 17.3 Å². The second-order valence-electron chi connectivity index (χ2n) is 3.60. The highest BCUT2D eigenvalue weighted by Crippen LogP contribution is 2.11. The lowest BCUT2D eigenvalue weighted by atomic mass is 10.2. The molecule has 0 saturated heterocycles. The monoisotopic (exact) mass is 247 g/mol. The second kappa shape index (κ2) is 5.25. The number of carbonyl (C=O) groups excluding carboxylic acids is 1. The molecular weight excluding hydrogens is 236 g/mol. The van der Waals surface area contributed by atoms with Crippen molar-refractivity contribution < 1.29 is 13.6 Å². The van der Waals surface area contributed by atoms with Crippen molar-refractivity contribution in [3.8, 4) is 0 Å². The summed E-state index contributed by atoms with van der Waals surface area (Å²) in [5.41, 5.74) is 0.110. The van der Waals surface area contributed by atoms with E-state index in [2.05, 4.69) is 0 Å². The van der Waals surface area contributed by atoms with Gasteiger partial charge < -0.3 is 4.90 Å². The summed E-state index contributed by atoms with van der Waals surface area (Å²) in [5, 5.41) is -0.195. The van der Waals surface area contributed by atoms with Crippen LogP contribution in [0.5, 0.6) is 0 Å². The molecule has 16 heavy (non-hydrogen) atoms. The first kappa shape index (κ1) is 12.9. The first-order valence-electron chi connectivity index (χ1n) is 4.76. The topological polar surface area (TPSA) is 20.3 Å². The molecule has 5 heteroatoms. The Labute approximate surface area is 97.8 Å². The molecule has 0 fully saturated rings. The molecule has 1 atom stereocenters. The number of halogens is 3. The molecule has 0 N–H and O–H groups in total. The van der Waals surface area contributed by atoms with Gasteiger partial charge in [-0.05, 0) is 25.1 Å². The zero-order chi connectivity index (χ0) is 12.3. The summed E-state index contributed by atoms with van der Waals surface area (Å²) >= 11 is 5.73. The Morgan fingerprint density at radius 1 is 1.44 bits per heavy atom. The Balaban J connectivity index is 2.84. The molecule has 0 aromatic heterocycles. The number of hydrogen-bond acceptors (Lipinski definition) is 1. The van der Waals surface area contributed by atoms with Crippen molar-refractivity contribution in [1.82, 2.24) is 4.90 Å².